The molecular formula is C16H12N4O2S. The minimum Gasteiger partial charge on any atom is -0.478 e. The lowest BCUT2D eigenvalue weighted by Gasteiger charge is -2.18. The number of nitrogens with zero attached hydrogens (tertiary/aromatic N) is 4. The smallest absolute Gasteiger partial charge is 0.339 e. The molecule has 6 nitrogen and oxygen atoms in total. The number of hydrogen-bond acceptors (Lipinski definition) is 5. The van der Waals surface area contributed by atoms with Gasteiger partial charge < -0.3 is 5.11 Å². The van der Waals surface area contributed by atoms with Gasteiger partial charge in [0.1, 0.15) is 5.56 Å². The van der Waals surface area contributed by atoms with Gasteiger partial charge >= 0.3 is 5.97 Å². The van der Waals surface area contributed by atoms with Crippen molar-refractivity contribution < 1.29 is 9.90 Å². The van der Waals surface area contributed by atoms with E-state index in [0.717, 1.165) is 22.6 Å². The van der Waals surface area contributed by atoms with Gasteiger partial charge in [-0.15, -0.1) is 11.8 Å². The molecule has 0 fully saturated rings. The molecule has 7 heteroatoms. The molecule has 23 heavy (non-hydrogen) atoms. The molecule has 0 radical (unpaired) electrons. The van der Waals surface area contributed by atoms with Crippen molar-refractivity contribution in [3.05, 3.63) is 53.5 Å². The van der Waals surface area contributed by atoms with Crippen molar-refractivity contribution in [2.75, 3.05) is 0 Å². The molecule has 4 rings (SSSR count). The summed E-state index contributed by atoms with van der Waals surface area (Å²) in [6.45, 7) is 1.70. The predicted octanol–water partition coefficient (Wildman–Crippen LogP) is 2.94. The average molecular weight is 324 g/mol. The summed E-state index contributed by atoms with van der Waals surface area (Å²) >= 11 is 1.76. The van der Waals surface area contributed by atoms with Gasteiger partial charge in [0, 0.05) is 28.0 Å². The Kier molecular flexibility index (Phi) is 3.16. The van der Waals surface area contributed by atoms with Crippen LogP contribution in [0.4, 0.5) is 0 Å². The van der Waals surface area contributed by atoms with Gasteiger partial charge in [0.15, 0.2) is 0 Å². The van der Waals surface area contributed by atoms with Crippen LogP contribution in [0.2, 0.25) is 0 Å². The van der Waals surface area contributed by atoms with Gasteiger partial charge in [0.05, 0.1) is 17.6 Å². The monoisotopic (exact) mass is 324 g/mol. The van der Waals surface area contributed by atoms with E-state index in [9.17, 15) is 4.79 Å². The standard InChI is InChI=1S/C16H12N4O2S/c1-9-12(15(21)22)7-18-20(9)16-17-6-10-8-23-13-5-3-2-4-11(13)14(10)19-16/h2-7H,8H2,1H3,(H,21,22). The summed E-state index contributed by atoms with van der Waals surface area (Å²) in [5, 5.41) is 13.3. The molecule has 0 saturated heterocycles. The highest BCUT2D eigenvalue weighted by Crippen LogP contribution is 2.40. The molecule has 114 valence electrons. The summed E-state index contributed by atoms with van der Waals surface area (Å²) < 4.78 is 1.47. The first-order valence-electron chi connectivity index (χ1n) is 7.01. The lowest BCUT2D eigenvalue weighted by Crippen LogP contribution is -2.09. The molecule has 0 saturated carbocycles. The van der Waals surface area contributed by atoms with Crippen LogP contribution >= 0.6 is 11.8 Å². The largest absolute Gasteiger partial charge is 0.478 e. The van der Waals surface area contributed by atoms with E-state index in [2.05, 4.69) is 21.1 Å². The average Bonchev–Trinajstić information content (AvgIpc) is 2.96. The van der Waals surface area contributed by atoms with Gasteiger partial charge in [-0.3, -0.25) is 0 Å². The van der Waals surface area contributed by atoms with Crippen molar-refractivity contribution in [1.82, 2.24) is 19.7 Å². The third-order valence-electron chi connectivity index (χ3n) is 3.81. The first-order chi connectivity index (χ1) is 11.1. The van der Waals surface area contributed by atoms with Crippen LogP contribution in [0, 0.1) is 6.92 Å². The zero-order chi connectivity index (χ0) is 16.0. The Hall–Kier alpha value is -2.67. The second-order valence-electron chi connectivity index (χ2n) is 5.19. The summed E-state index contributed by atoms with van der Waals surface area (Å²) in [7, 11) is 0. The van der Waals surface area contributed by atoms with Gasteiger partial charge in [-0.25, -0.2) is 19.4 Å². The van der Waals surface area contributed by atoms with Gasteiger partial charge in [-0.2, -0.15) is 5.10 Å². The Morgan fingerprint density at radius 1 is 1.30 bits per heavy atom. The quantitative estimate of drug-likeness (QED) is 0.780. The van der Waals surface area contributed by atoms with Crippen LogP contribution in [0.5, 0.6) is 0 Å². The summed E-state index contributed by atoms with van der Waals surface area (Å²) in [5.41, 5.74) is 3.70. The van der Waals surface area contributed by atoms with Crippen LogP contribution in [0.15, 0.2) is 41.6 Å². The van der Waals surface area contributed by atoms with Crippen molar-refractivity contribution in [2.24, 2.45) is 0 Å². The Bertz CT molecular complexity index is 936. The van der Waals surface area contributed by atoms with Gasteiger partial charge in [-0.1, -0.05) is 18.2 Å². The van der Waals surface area contributed by atoms with Gasteiger partial charge in [0.2, 0.25) is 0 Å². The fraction of sp³-hybridized carbons (Fsp3) is 0.125. The number of aromatic carboxylic acids is 1. The molecule has 3 heterocycles. The molecule has 0 spiro atoms. The molecule has 3 aromatic rings. The van der Waals surface area contributed by atoms with E-state index in [1.165, 1.54) is 15.8 Å². The summed E-state index contributed by atoms with van der Waals surface area (Å²) in [6, 6.07) is 8.11. The zero-order valence-corrected chi connectivity index (χ0v) is 13.0. The molecule has 1 aliphatic rings. The number of aromatic nitrogens is 4. The number of hydrogen-bond donors (Lipinski definition) is 1. The maximum atomic E-state index is 11.2. The topological polar surface area (TPSA) is 80.9 Å². The fourth-order valence-corrected chi connectivity index (χ4v) is 3.62. The number of rotatable bonds is 2. The Morgan fingerprint density at radius 3 is 2.91 bits per heavy atom. The second kappa shape index (κ2) is 5.20. The highest BCUT2D eigenvalue weighted by Gasteiger charge is 2.21. The van der Waals surface area contributed by atoms with E-state index >= 15 is 0 Å². The van der Waals surface area contributed by atoms with E-state index in [4.69, 9.17) is 5.11 Å². The van der Waals surface area contributed by atoms with Crippen molar-refractivity contribution in [3.8, 4) is 17.2 Å². The van der Waals surface area contributed by atoms with Crippen molar-refractivity contribution >= 4 is 17.7 Å². The zero-order valence-electron chi connectivity index (χ0n) is 12.2. The molecule has 1 N–H and O–H groups in total. The van der Waals surface area contributed by atoms with E-state index in [-0.39, 0.29) is 5.56 Å². The minimum atomic E-state index is -1.01. The first kappa shape index (κ1) is 14.0. The molecule has 0 amide bonds. The third kappa shape index (κ3) is 2.20. The second-order valence-corrected chi connectivity index (χ2v) is 6.21. The normalized spacial score (nSPS) is 12.6. The molecular weight excluding hydrogens is 312 g/mol. The SMILES string of the molecule is Cc1c(C(=O)O)cnn1-c1ncc2c(n1)-c1ccccc1SC2. The highest BCUT2D eigenvalue weighted by atomic mass is 32.2. The lowest BCUT2D eigenvalue weighted by molar-refractivity contribution is 0.0696. The van der Waals surface area contributed by atoms with Crippen LogP contribution < -0.4 is 0 Å². The Morgan fingerprint density at radius 2 is 2.13 bits per heavy atom. The number of carbonyl (C=O) groups is 1. The van der Waals surface area contributed by atoms with Gasteiger partial charge in [0.25, 0.3) is 5.95 Å². The fourth-order valence-electron chi connectivity index (χ4n) is 2.60. The maximum Gasteiger partial charge on any atom is 0.339 e. The van der Waals surface area contributed by atoms with Crippen LogP contribution in [0.25, 0.3) is 17.2 Å². The van der Waals surface area contributed by atoms with Crippen LogP contribution in [-0.2, 0) is 5.75 Å². The van der Waals surface area contributed by atoms with E-state index in [1.54, 1.807) is 24.9 Å². The van der Waals surface area contributed by atoms with Gasteiger partial charge in [-0.05, 0) is 13.0 Å². The molecule has 0 aliphatic carbocycles. The van der Waals surface area contributed by atoms with E-state index in [1.807, 2.05) is 18.2 Å². The van der Waals surface area contributed by atoms with Crippen molar-refractivity contribution in [3.63, 3.8) is 0 Å². The number of fused-ring (bicyclic) bond motifs is 3. The summed E-state index contributed by atoms with van der Waals surface area (Å²) in [5.74, 6) is 0.203. The van der Waals surface area contributed by atoms with E-state index in [0.29, 0.717) is 11.6 Å². The van der Waals surface area contributed by atoms with Crippen LogP contribution in [0.1, 0.15) is 21.6 Å². The summed E-state index contributed by atoms with van der Waals surface area (Å²) in [4.78, 5) is 21.3. The highest BCUT2D eigenvalue weighted by molar-refractivity contribution is 7.98. The summed E-state index contributed by atoms with van der Waals surface area (Å²) in [6.07, 6.45) is 3.12. The minimum absolute atomic E-state index is 0.155. The molecule has 2 aromatic heterocycles. The number of benzene rings is 1. The number of thioether (sulfide) groups is 1. The first-order valence-corrected chi connectivity index (χ1v) is 8.00. The van der Waals surface area contributed by atoms with Crippen molar-refractivity contribution in [2.45, 2.75) is 17.6 Å². The molecule has 0 unspecified atom stereocenters. The van der Waals surface area contributed by atoms with Crippen molar-refractivity contribution in [1.29, 1.82) is 0 Å². The number of carboxylic acid groups (broad SMARTS) is 1. The molecule has 0 bridgehead atoms. The Labute approximate surface area is 136 Å². The van der Waals surface area contributed by atoms with Crippen LogP contribution in [-0.4, -0.2) is 30.8 Å². The lowest BCUT2D eigenvalue weighted by atomic mass is 10.1. The predicted molar refractivity (Wildman–Crippen MR) is 85.8 cm³/mol. The molecule has 0 atom stereocenters. The van der Waals surface area contributed by atoms with Crippen LogP contribution in [0.3, 0.4) is 0 Å². The third-order valence-corrected chi connectivity index (χ3v) is 4.93. The maximum absolute atomic E-state index is 11.2. The molecule has 1 aliphatic heterocycles. The molecule has 1 aromatic carbocycles. The number of carboxylic acids is 1. The Balaban J connectivity index is 1.87. The van der Waals surface area contributed by atoms with E-state index < -0.39 is 5.97 Å².